The number of nitrogens with two attached hydrogens (primary N) is 1. The standard InChI is InChI=1S/C21H28N2O4/c22-14-19(24)16-26-20-11-9-17(10-12-20)6-4-5-13-23-21(25)27-15-18-7-2-1-3-8-18/h1-3,7-12,19,24H,4-6,13-16,22H2,(H,23,25). The number of ether oxygens (including phenoxy) is 2. The van der Waals surface area contributed by atoms with Crippen molar-refractivity contribution in [3.8, 4) is 5.75 Å². The van der Waals surface area contributed by atoms with Gasteiger partial charge in [-0.3, -0.25) is 0 Å². The Labute approximate surface area is 160 Å². The van der Waals surface area contributed by atoms with Crippen molar-refractivity contribution in [2.24, 2.45) is 5.73 Å². The number of carbonyl (C=O) groups excluding carboxylic acids is 1. The van der Waals surface area contributed by atoms with E-state index in [-0.39, 0.29) is 25.9 Å². The van der Waals surface area contributed by atoms with E-state index in [2.05, 4.69) is 5.32 Å². The molecule has 0 aliphatic carbocycles. The summed E-state index contributed by atoms with van der Waals surface area (Å²) in [7, 11) is 0. The molecule has 4 N–H and O–H groups in total. The first-order chi connectivity index (χ1) is 13.2. The van der Waals surface area contributed by atoms with Crippen molar-refractivity contribution in [1.82, 2.24) is 5.32 Å². The number of unbranched alkanes of at least 4 members (excludes halogenated alkanes) is 1. The van der Waals surface area contributed by atoms with Crippen molar-refractivity contribution < 1.29 is 19.4 Å². The summed E-state index contributed by atoms with van der Waals surface area (Å²) in [6.45, 7) is 1.25. The molecule has 0 aromatic heterocycles. The zero-order valence-electron chi connectivity index (χ0n) is 15.5. The van der Waals surface area contributed by atoms with Gasteiger partial charge in [-0.25, -0.2) is 4.79 Å². The zero-order valence-corrected chi connectivity index (χ0v) is 15.5. The Balaban J connectivity index is 1.55. The van der Waals surface area contributed by atoms with Crippen LogP contribution in [0.5, 0.6) is 5.75 Å². The molecule has 2 aromatic rings. The Morgan fingerprint density at radius 1 is 1.04 bits per heavy atom. The lowest BCUT2D eigenvalue weighted by atomic mass is 10.1. The van der Waals surface area contributed by atoms with Crippen molar-refractivity contribution in [2.75, 3.05) is 19.7 Å². The van der Waals surface area contributed by atoms with Gasteiger partial charge < -0.3 is 25.6 Å². The van der Waals surface area contributed by atoms with Crippen LogP contribution in [0.2, 0.25) is 0 Å². The predicted octanol–water partition coefficient (Wildman–Crippen LogP) is 2.63. The molecule has 0 bridgehead atoms. The molecule has 1 atom stereocenters. The van der Waals surface area contributed by atoms with E-state index in [1.165, 1.54) is 5.56 Å². The van der Waals surface area contributed by atoms with Gasteiger partial charge >= 0.3 is 6.09 Å². The molecule has 146 valence electrons. The Morgan fingerprint density at radius 2 is 1.78 bits per heavy atom. The van der Waals surface area contributed by atoms with E-state index >= 15 is 0 Å². The molecule has 0 aliphatic rings. The first kappa shape index (κ1) is 20.7. The van der Waals surface area contributed by atoms with Gasteiger partial charge in [0.25, 0.3) is 0 Å². The quantitative estimate of drug-likeness (QED) is 0.527. The fraction of sp³-hybridized carbons (Fsp3) is 0.381. The number of benzene rings is 2. The fourth-order valence-electron chi connectivity index (χ4n) is 2.43. The third-order valence-corrected chi connectivity index (χ3v) is 4.01. The average molecular weight is 372 g/mol. The summed E-state index contributed by atoms with van der Waals surface area (Å²) >= 11 is 0. The lowest BCUT2D eigenvalue weighted by Gasteiger charge is -2.10. The van der Waals surface area contributed by atoms with Crippen molar-refractivity contribution in [3.05, 3.63) is 65.7 Å². The number of alkyl carbamates (subject to hydrolysis) is 1. The molecule has 0 saturated heterocycles. The molecular weight excluding hydrogens is 344 g/mol. The number of hydrogen-bond donors (Lipinski definition) is 3. The van der Waals surface area contributed by atoms with Crippen molar-refractivity contribution in [1.29, 1.82) is 0 Å². The topological polar surface area (TPSA) is 93.8 Å². The van der Waals surface area contributed by atoms with Gasteiger partial charge in [-0.05, 0) is 42.5 Å². The van der Waals surface area contributed by atoms with Gasteiger partial charge in [0, 0.05) is 13.1 Å². The van der Waals surface area contributed by atoms with Gasteiger partial charge in [-0.2, -0.15) is 0 Å². The number of aliphatic hydroxyl groups is 1. The minimum Gasteiger partial charge on any atom is -0.491 e. The van der Waals surface area contributed by atoms with Gasteiger partial charge in [0.15, 0.2) is 0 Å². The largest absolute Gasteiger partial charge is 0.491 e. The molecule has 27 heavy (non-hydrogen) atoms. The Morgan fingerprint density at radius 3 is 2.48 bits per heavy atom. The lowest BCUT2D eigenvalue weighted by molar-refractivity contribution is 0.114. The maximum atomic E-state index is 11.6. The molecule has 0 fully saturated rings. The Hall–Kier alpha value is -2.57. The van der Waals surface area contributed by atoms with E-state index in [9.17, 15) is 9.90 Å². The number of rotatable bonds is 11. The Bertz CT molecular complexity index is 662. The molecule has 6 nitrogen and oxygen atoms in total. The van der Waals surface area contributed by atoms with Crippen molar-refractivity contribution in [3.63, 3.8) is 0 Å². The van der Waals surface area contributed by atoms with E-state index in [0.717, 1.165) is 24.8 Å². The minimum atomic E-state index is -0.642. The molecular formula is C21H28N2O4. The SMILES string of the molecule is NCC(O)COc1ccc(CCCCNC(=O)OCc2ccccc2)cc1. The predicted molar refractivity (Wildman–Crippen MR) is 105 cm³/mol. The van der Waals surface area contributed by atoms with E-state index < -0.39 is 6.10 Å². The summed E-state index contributed by atoms with van der Waals surface area (Å²) < 4.78 is 10.6. The second-order valence-corrected chi connectivity index (χ2v) is 6.29. The smallest absolute Gasteiger partial charge is 0.407 e. The van der Waals surface area contributed by atoms with Crippen LogP contribution in [0.4, 0.5) is 4.79 Å². The molecule has 0 spiro atoms. The third kappa shape index (κ3) is 8.57. The molecule has 1 amide bonds. The van der Waals surface area contributed by atoms with E-state index in [1.54, 1.807) is 0 Å². The molecule has 2 rings (SSSR count). The van der Waals surface area contributed by atoms with Gasteiger partial charge in [-0.15, -0.1) is 0 Å². The van der Waals surface area contributed by atoms with E-state index in [4.69, 9.17) is 15.2 Å². The first-order valence-electron chi connectivity index (χ1n) is 9.22. The second-order valence-electron chi connectivity index (χ2n) is 6.29. The molecule has 1 unspecified atom stereocenters. The summed E-state index contributed by atoms with van der Waals surface area (Å²) in [5, 5.41) is 12.1. The maximum absolute atomic E-state index is 11.6. The highest BCUT2D eigenvalue weighted by molar-refractivity contribution is 5.67. The number of nitrogens with one attached hydrogen (secondary N) is 1. The number of hydrogen-bond acceptors (Lipinski definition) is 5. The summed E-state index contributed by atoms with van der Waals surface area (Å²) in [6, 6.07) is 17.4. The highest BCUT2D eigenvalue weighted by atomic mass is 16.5. The fourth-order valence-corrected chi connectivity index (χ4v) is 2.43. The van der Waals surface area contributed by atoms with Crippen molar-refractivity contribution in [2.45, 2.75) is 32.0 Å². The molecule has 0 saturated carbocycles. The van der Waals surface area contributed by atoms with Gasteiger partial charge in [-0.1, -0.05) is 42.5 Å². The molecule has 0 aliphatic heterocycles. The average Bonchev–Trinajstić information content (AvgIpc) is 2.71. The summed E-state index contributed by atoms with van der Waals surface area (Å²) in [4.78, 5) is 11.6. The molecule has 2 aromatic carbocycles. The minimum absolute atomic E-state index is 0.186. The number of carbonyl (C=O) groups is 1. The zero-order chi connectivity index (χ0) is 19.3. The Kier molecular flexibility index (Phi) is 9.17. The van der Waals surface area contributed by atoms with Gasteiger partial charge in [0.1, 0.15) is 25.1 Å². The first-order valence-corrected chi connectivity index (χ1v) is 9.22. The van der Waals surface area contributed by atoms with Crippen molar-refractivity contribution >= 4 is 6.09 Å². The van der Waals surface area contributed by atoms with E-state index in [1.807, 2.05) is 54.6 Å². The highest BCUT2D eigenvalue weighted by Crippen LogP contribution is 2.14. The normalized spacial score (nSPS) is 11.6. The summed E-state index contributed by atoms with van der Waals surface area (Å²) in [5.74, 6) is 0.717. The lowest BCUT2D eigenvalue weighted by Crippen LogP contribution is -2.26. The van der Waals surface area contributed by atoms with Crippen LogP contribution in [-0.4, -0.2) is 37.0 Å². The number of amides is 1. The van der Waals surface area contributed by atoms with Crippen LogP contribution in [0.15, 0.2) is 54.6 Å². The molecule has 6 heteroatoms. The van der Waals surface area contributed by atoms with E-state index in [0.29, 0.717) is 12.3 Å². The number of aryl methyl sites for hydroxylation is 1. The van der Waals surface area contributed by atoms with Gasteiger partial charge in [0.2, 0.25) is 0 Å². The van der Waals surface area contributed by atoms with Crippen LogP contribution in [0, 0.1) is 0 Å². The van der Waals surface area contributed by atoms with Crippen LogP contribution >= 0.6 is 0 Å². The monoisotopic (exact) mass is 372 g/mol. The van der Waals surface area contributed by atoms with Gasteiger partial charge in [0.05, 0.1) is 0 Å². The van der Waals surface area contributed by atoms with Crippen LogP contribution < -0.4 is 15.8 Å². The van der Waals surface area contributed by atoms with Crippen LogP contribution in [-0.2, 0) is 17.8 Å². The molecule has 0 radical (unpaired) electrons. The molecule has 0 heterocycles. The second kappa shape index (κ2) is 11.9. The summed E-state index contributed by atoms with van der Waals surface area (Å²) in [6.07, 6.45) is 1.73. The maximum Gasteiger partial charge on any atom is 0.407 e. The summed E-state index contributed by atoms with van der Waals surface area (Å²) in [5.41, 5.74) is 7.51. The van der Waals surface area contributed by atoms with Crippen LogP contribution in [0.25, 0.3) is 0 Å². The highest BCUT2D eigenvalue weighted by Gasteiger charge is 2.03. The third-order valence-electron chi connectivity index (χ3n) is 4.01. The van der Waals surface area contributed by atoms with Crippen LogP contribution in [0.1, 0.15) is 24.0 Å². The van der Waals surface area contributed by atoms with Crippen LogP contribution in [0.3, 0.4) is 0 Å². The number of aliphatic hydroxyl groups excluding tert-OH is 1.